The van der Waals surface area contributed by atoms with Gasteiger partial charge in [-0.1, -0.05) is 55.5 Å². The van der Waals surface area contributed by atoms with E-state index in [1.54, 1.807) is 6.20 Å². The molecule has 6 heteroatoms. The number of anilines is 1. The fraction of sp³-hybridized carbons (Fsp3) is 0.143. The maximum absolute atomic E-state index is 5.00. The Labute approximate surface area is 203 Å². The lowest BCUT2D eigenvalue weighted by Crippen LogP contribution is -2.06. The van der Waals surface area contributed by atoms with E-state index in [1.165, 1.54) is 5.56 Å². The van der Waals surface area contributed by atoms with Crippen LogP contribution >= 0.6 is 11.8 Å². The van der Waals surface area contributed by atoms with Crippen LogP contribution in [0.1, 0.15) is 18.2 Å². The van der Waals surface area contributed by atoms with Crippen LogP contribution < -0.4 is 5.32 Å². The molecule has 0 aliphatic rings. The van der Waals surface area contributed by atoms with Crippen LogP contribution in [0.2, 0.25) is 0 Å². The molecule has 0 bridgehead atoms. The molecule has 0 spiro atoms. The van der Waals surface area contributed by atoms with Crippen LogP contribution in [0.25, 0.3) is 33.4 Å². The van der Waals surface area contributed by atoms with Gasteiger partial charge in [-0.05, 0) is 46.7 Å². The summed E-state index contributed by atoms with van der Waals surface area (Å²) in [6.07, 6.45) is 5.56. The van der Waals surface area contributed by atoms with Gasteiger partial charge in [-0.3, -0.25) is 9.97 Å². The second-order valence-corrected chi connectivity index (χ2v) is 9.13. The summed E-state index contributed by atoms with van der Waals surface area (Å²) in [5, 5.41) is 4.53. The fourth-order valence-electron chi connectivity index (χ4n) is 3.88. The average molecular weight is 464 g/mol. The molecule has 34 heavy (non-hydrogen) atoms. The molecule has 5 nitrogen and oxygen atoms in total. The molecule has 0 fully saturated rings. The van der Waals surface area contributed by atoms with E-state index in [0.717, 1.165) is 50.6 Å². The van der Waals surface area contributed by atoms with Gasteiger partial charge >= 0.3 is 0 Å². The molecule has 1 N–H and O–H groups in total. The van der Waals surface area contributed by atoms with Gasteiger partial charge in [0.1, 0.15) is 5.82 Å². The molecular formula is C28H25N5S. The number of fused-ring (bicyclic) bond motifs is 1. The molecule has 168 valence electrons. The summed E-state index contributed by atoms with van der Waals surface area (Å²) in [6, 6.07) is 24.6. The second-order valence-electron chi connectivity index (χ2n) is 7.86. The number of benzene rings is 2. The Bertz CT molecular complexity index is 1390. The first-order chi connectivity index (χ1) is 16.8. The summed E-state index contributed by atoms with van der Waals surface area (Å²) < 4.78 is 0. The summed E-state index contributed by atoms with van der Waals surface area (Å²) in [5.41, 5.74) is 6.16. The lowest BCUT2D eigenvalue weighted by Gasteiger charge is -2.14. The number of hydrogen-bond acceptors (Lipinski definition) is 6. The zero-order chi connectivity index (χ0) is 23.2. The lowest BCUT2D eigenvalue weighted by molar-refractivity contribution is 1.03. The molecule has 5 aromatic rings. The summed E-state index contributed by atoms with van der Waals surface area (Å²) in [4.78, 5) is 18.9. The van der Waals surface area contributed by atoms with Gasteiger partial charge < -0.3 is 5.32 Å². The van der Waals surface area contributed by atoms with Crippen molar-refractivity contribution < 1.29 is 0 Å². The van der Waals surface area contributed by atoms with Crippen molar-refractivity contribution in [1.29, 1.82) is 0 Å². The molecule has 0 unspecified atom stereocenters. The predicted molar refractivity (Wildman–Crippen MR) is 142 cm³/mol. The predicted octanol–water partition coefficient (Wildman–Crippen LogP) is 6.62. The van der Waals surface area contributed by atoms with E-state index < -0.39 is 0 Å². The number of hydrogen-bond donors (Lipinski definition) is 1. The van der Waals surface area contributed by atoms with E-state index >= 15 is 0 Å². The van der Waals surface area contributed by atoms with Crippen LogP contribution in [0.5, 0.6) is 0 Å². The molecule has 0 saturated carbocycles. The smallest absolute Gasteiger partial charge is 0.163 e. The average Bonchev–Trinajstić information content (AvgIpc) is 2.91. The maximum atomic E-state index is 5.00. The maximum Gasteiger partial charge on any atom is 0.163 e. The SMILES string of the molecule is CCSCc1cncc(-c2nc(NCc3ccccn3)c3c(-c4ccccc4)cccc3n2)c1. The van der Waals surface area contributed by atoms with Crippen LogP contribution in [-0.4, -0.2) is 25.7 Å². The Hall–Kier alpha value is -3.77. The summed E-state index contributed by atoms with van der Waals surface area (Å²) >= 11 is 1.88. The molecule has 3 heterocycles. The molecule has 5 rings (SSSR count). The topological polar surface area (TPSA) is 63.6 Å². The highest BCUT2D eigenvalue weighted by Crippen LogP contribution is 2.34. The monoisotopic (exact) mass is 463 g/mol. The highest BCUT2D eigenvalue weighted by Gasteiger charge is 2.15. The molecule has 0 amide bonds. The van der Waals surface area contributed by atoms with Gasteiger partial charge in [-0.2, -0.15) is 11.8 Å². The van der Waals surface area contributed by atoms with E-state index in [1.807, 2.05) is 54.5 Å². The lowest BCUT2D eigenvalue weighted by atomic mass is 10.0. The third kappa shape index (κ3) is 4.92. The Kier molecular flexibility index (Phi) is 6.77. The zero-order valence-electron chi connectivity index (χ0n) is 19.0. The van der Waals surface area contributed by atoms with Crippen molar-refractivity contribution >= 4 is 28.5 Å². The molecule has 0 saturated heterocycles. The van der Waals surface area contributed by atoms with Gasteiger partial charge in [0.2, 0.25) is 0 Å². The molecule has 0 radical (unpaired) electrons. The van der Waals surface area contributed by atoms with Gasteiger partial charge in [0, 0.05) is 29.9 Å². The number of thioether (sulfide) groups is 1. The Morgan fingerprint density at radius 2 is 1.74 bits per heavy atom. The Morgan fingerprint density at radius 3 is 2.56 bits per heavy atom. The molecule has 0 atom stereocenters. The number of pyridine rings is 2. The number of rotatable bonds is 8. The van der Waals surface area contributed by atoms with Crippen molar-refractivity contribution in [3.8, 4) is 22.5 Å². The van der Waals surface area contributed by atoms with Crippen LogP contribution in [0, 0.1) is 0 Å². The normalized spacial score (nSPS) is 11.0. The quantitative estimate of drug-likeness (QED) is 0.279. The summed E-state index contributed by atoms with van der Waals surface area (Å²) in [7, 11) is 0. The van der Waals surface area contributed by atoms with Crippen molar-refractivity contribution in [3.05, 3.63) is 103 Å². The highest BCUT2D eigenvalue weighted by atomic mass is 32.2. The third-order valence-electron chi connectivity index (χ3n) is 5.50. The minimum atomic E-state index is 0.570. The Morgan fingerprint density at radius 1 is 0.853 bits per heavy atom. The van der Waals surface area contributed by atoms with Gasteiger partial charge in [0.05, 0.1) is 23.1 Å². The molecule has 0 aliphatic carbocycles. The Balaban J connectivity index is 1.63. The van der Waals surface area contributed by atoms with Crippen LogP contribution in [0.15, 0.2) is 91.4 Å². The minimum absolute atomic E-state index is 0.570. The number of nitrogens with zero attached hydrogens (tertiary/aromatic N) is 4. The number of nitrogens with one attached hydrogen (secondary N) is 1. The zero-order valence-corrected chi connectivity index (χ0v) is 19.8. The molecular weight excluding hydrogens is 438 g/mol. The van der Waals surface area contributed by atoms with Crippen LogP contribution in [0.4, 0.5) is 5.82 Å². The number of aromatic nitrogens is 4. The van der Waals surface area contributed by atoms with Crippen molar-refractivity contribution in [3.63, 3.8) is 0 Å². The summed E-state index contributed by atoms with van der Waals surface area (Å²) in [6.45, 7) is 2.74. The van der Waals surface area contributed by atoms with Crippen molar-refractivity contribution in [2.24, 2.45) is 0 Å². The highest BCUT2D eigenvalue weighted by molar-refractivity contribution is 7.98. The van der Waals surface area contributed by atoms with E-state index in [4.69, 9.17) is 9.97 Å². The first kappa shape index (κ1) is 22.0. The van der Waals surface area contributed by atoms with Crippen LogP contribution in [0.3, 0.4) is 0 Å². The standard InChI is InChI=1S/C28H25N5S/c1-2-34-19-20-15-22(17-29-16-20)27-32-25-13-8-12-24(21-9-4-3-5-10-21)26(25)28(33-27)31-18-23-11-6-7-14-30-23/h3-17H,2,18-19H2,1H3,(H,31,32,33). The van der Waals surface area contributed by atoms with Crippen molar-refractivity contribution in [2.75, 3.05) is 11.1 Å². The molecule has 3 aromatic heterocycles. The molecule has 0 aliphatic heterocycles. The first-order valence-corrected chi connectivity index (χ1v) is 12.5. The fourth-order valence-corrected chi connectivity index (χ4v) is 4.48. The van der Waals surface area contributed by atoms with Gasteiger partial charge in [0.25, 0.3) is 0 Å². The molecule has 2 aromatic carbocycles. The second kappa shape index (κ2) is 10.4. The van der Waals surface area contributed by atoms with Crippen molar-refractivity contribution in [1.82, 2.24) is 19.9 Å². The van der Waals surface area contributed by atoms with E-state index in [9.17, 15) is 0 Å². The van der Waals surface area contributed by atoms with Gasteiger partial charge in [-0.15, -0.1) is 0 Å². The van der Waals surface area contributed by atoms with Gasteiger partial charge in [-0.25, -0.2) is 9.97 Å². The summed E-state index contributed by atoms with van der Waals surface area (Å²) in [5.74, 6) is 3.45. The first-order valence-electron chi connectivity index (χ1n) is 11.3. The van der Waals surface area contributed by atoms with Gasteiger partial charge in [0.15, 0.2) is 5.82 Å². The van der Waals surface area contributed by atoms with E-state index in [2.05, 4.69) is 64.7 Å². The van der Waals surface area contributed by atoms with Crippen molar-refractivity contribution in [2.45, 2.75) is 19.2 Å². The minimum Gasteiger partial charge on any atom is -0.364 e. The third-order valence-corrected chi connectivity index (χ3v) is 6.44. The largest absolute Gasteiger partial charge is 0.364 e. The van der Waals surface area contributed by atoms with E-state index in [0.29, 0.717) is 12.4 Å². The van der Waals surface area contributed by atoms with Crippen LogP contribution in [-0.2, 0) is 12.3 Å². The van der Waals surface area contributed by atoms with E-state index in [-0.39, 0.29) is 0 Å².